The third-order valence-corrected chi connectivity index (χ3v) is 2.99. The number of hydrogen-bond acceptors (Lipinski definition) is 4. The van der Waals surface area contributed by atoms with Gasteiger partial charge in [0.25, 0.3) is 0 Å². The Hall–Kier alpha value is -1.59. The Kier molecular flexibility index (Phi) is 8.06. The summed E-state index contributed by atoms with van der Waals surface area (Å²) in [6, 6.07) is 9.60. The molecule has 0 saturated carbocycles. The quantitative estimate of drug-likeness (QED) is 0.744. The molecule has 0 unspecified atom stereocenters. The van der Waals surface area contributed by atoms with E-state index in [-0.39, 0.29) is 6.04 Å². The first-order valence-electron chi connectivity index (χ1n) is 8.12. The van der Waals surface area contributed by atoms with Gasteiger partial charge < -0.3 is 19.5 Å². The summed E-state index contributed by atoms with van der Waals surface area (Å²) >= 11 is 0. The molecule has 1 aromatic rings. The first kappa shape index (κ1) is 19.5. The third-order valence-electron chi connectivity index (χ3n) is 2.99. The Labute approximate surface area is 139 Å². The Morgan fingerprint density at radius 3 is 2.13 bits per heavy atom. The molecule has 5 nitrogen and oxygen atoms in total. The van der Waals surface area contributed by atoms with Crippen LogP contribution in [-0.2, 0) is 20.6 Å². The highest BCUT2D eigenvalue weighted by molar-refractivity contribution is 5.68. The molecular formula is C18H29NO4. The van der Waals surface area contributed by atoms with Gasteiger partial charge in [0.1, 0.15) is 5.60 Å². The van der Waals surface area contributed by atoms with Crippen LogP contribution in [0.1, 0.15) is 40.2 Å². The summed E-state index contributed by atoms with van der Waals surface area (Å²) < 4.78 is 16.7. The van der Waals surface area contributed by atoms with Gasteiger partial charge in [0.05, 0.1) is 6.04 Å². The molecule has 1 atom stereocenters. The third kappa shape index (κ3) is 8.00. The van der Waals surface area contributed by atoms with Crippen LogP contribution in [0.4, 0.5) is 4.79 Å². The van der Waals surface area contributed by atoms with Crippen LogP contribution in [0, 0.1) is 0 Å². The fourth-order valence-electron chi connectivity index (χ4n) is 2.15. The number of hydrogen-bond donors (Lipinski definition) is 1. The number of benzene rings is 1. The summed E-state index contributed by atoms with van der Waals surface area (Å²) in [5, 5.41) is 2.88. The van der Waals surface area contributed by atoms with E-state index in [4.69, 9.17) is 14.2 Å². The molecule has 1 N–H and O–H groups in total. The maximum Gasteiger partial charge on any atom is 0.408 e. The van der Waals surface area contributed by atoms with E-state index in [1.54, 1.807) is 0 Å². The lowest BCUT2D eigenvalue weighted by Gasteiger charge is -2.29. The van der Waals surface area contributed by atoms with Crippen LogP contribution in [0.5, 0.6) is 0 Å². The topological polar surface area (TPSA) is 56.8 Å². The van der Waals surface area contributed by atoms with Gasteiger partial charge in [-0.05, 0) is 46.6 Å². The lowest BCUT2D eigenvalue weighted by atomic mass is 10.1. The number of ether oxygens (including phenoxy) is 3. The molecule has 0 spiro atoms. The molecule has 0 aliphatic heterocycles. The Bertz CT molecular complexity index is 450. The van der Waals surface area contributed by atoms with Crippen LogP contribution in [0.15, 0.2) is 30.3 Å². The van der Waals surface area contributed by atoms with E-state index in [1.165, 1.54) is 0 Å². The summed E-state index contributed by atoms with van der Waals surface area (Å²) in [4.78, 5) is 12.1. The minimum absolute atomic E-state index is 0.327. The summed E-state index contributed by atoms with van der Waals surface area (Å²) in [7, 11) is 0. The molecule has 130 valence electrons. The monoisotopic (exact) mass is 323 g/mol. The van der Waals surface area contributed by atoms with Crippen LogP contribution in [0.2, 0.25) is 0 Å². The van der Waals surface area contributed by atoms with Crippen LogP contribution in [0.3, 0.4) is 0 Å². The van der Waals surface area contributed by atoms with Gasteiger partial charge in [-0.2, -0.15) is 0 Å². The van der Waals surface area contributed by atoms with E-state index in [0.29, 0.717) is 19.6 Å². The molecule has 0 radical (unpaired) electrons. The van der Waals surface area contributed by atoms with Gasteiger partial charge in [-0.1, -0.05) is 30.3 Å². The van der Waals surface area contributed by atoms with Crippen LogP contribution >= 0.6 is 0 Å². The van der Waals surface area contributed by atoms with Gasteiger partial charge in [-0.3, -0.25) is 0 Å². The molecule has 5 heteroatoms. The van der Waals surface area contributed by atoms with Gasteiger partial charge in [0.2, 0.25) is 0 Å². The van der Waals surface area contributed by atoms with Crippen LogP contribution in [-0.4, -0.2) is 37.2 Å². The van der Waals surface area contributed by atoms with Crippen molar-refractivity contribution in [2.45, 2.75) is 59.0 Å². The molecular weight excluding hydrogens is 294 g/mol. The number of amides is 1. The molecule has 0 aromatic heterocycles. The molecule has 0 bridgehead atoms. The molecule has 0 aliphatic carbocycles. The molecule has 0 saturated heterocycles. The van der Waals surface area contributed by atoms with Crippen molar-refractivity contribution in [3.8, 4) is 0 Å². The second kappa shape index (κ2) is 9.53. The average molecular weight is 323 g/mol. The van der Waals surface area contributed by atoms with Gasteiger partial charge in [0.15, 0.2) is 6.29 Å². The number of carbonyl (C=O) groups is 1. The highest BCUT2D eigenvalue weighted by Gasteiger charge is 2.27. The summed E-state index contributed by atoms with van der Waals surface area (Å²) in [6.45, 7) is 10.3. The molecule has 0 fully saturated rings. The Morgan fingerprint density at radius 2 is 1.65 bits per heavy atom. The van der Waals surface area contributed by atoms with E-state index in [0.717, 1.165) is 5.56 Å². The number of carbonyl (C=O) groups excluding carboxylic acids is 1. The van der Waals surface area contributed by atoms with Crippen LogP contribution < -0.4 is 5.32 Å². The predicted octanol–water partition coefficient (Wildman–Crippen LogP) is 3.52. The zero-order valence-corrected chi connectivity index (χ0v) is 14.8. The smallest absolute Gasteiger partial charge is 0.408 e. The lowest BCUT2D eigenvalue weighted by molar-refractivity contribution is -0.153. The molecule has 1 rings (SSSR count). The fraction of sp³-hybridized carbons (Fsp3) is 0.611. The predicted molar refractivity (Wildman–Crippen MR) is 90.3 cm³/mol. The van der Waals surface area contributed by atoms with E-state index in [1.807, 2.05) is 65.0 Å². The van der Waals surface area contributed by atoms with Gasteiger partial charge in [-0.25, -0.2) is 4.79 Å². The van der Waals surface area contributed by atoms with Crippen molar-refractivity contribution in [3.05, 3.63) is 35.9 Å². The average Bonchev–Trinajstić information content (AvgIpc) is 2.45. The SMILES string of the molecule is CCOC(OCC)[C@H](Cc1ccccc1)NC(=O)OC(C)(C)C. The van der Waals surface area contributed by atoms with Crippen molar-refractivity contribution in [1.82, 2.24) is 5.32 Å². The zero-order valence-electron chi connectivity index (χ0n) is 14.8. The summed E-state index contributed by atoms with van der Waals surface area (Å²) in [6.07, 6.45) is -0.384. The summed E-state index contributed by atoms with van der Waals surface area (Å²) in [5.41, 5.74) is 0.548. The second-order valence-corrected chi connectivity index (χ2v) is 6.22. The van der Waals surface area contributed by atoms with Crippen molar-refractivity contribution in [2.24, 2.45) is 0 Å². The van der Waals surface area contributed by atoms with Gasteiger partial charge in [-0.15, -0.1) is 0 Å². The number of alkyl carbamates (subject to hydrolysis) is 1. The van der Waals surface area contributed by atoms with E-state index in [2.05, 4.69) is 5.32 Å². The van der Waals surface area contributed by atoms with Crippen molar-refractivity contribution in [1.29, 1.82) is 0 Å². The van der Waals surface area contributed by atoms with Crippen molar-refractivity contribution < 1.29 is 19.0 Å². The first-order chi connectivity index (χ1) is 10.9. The molecule has 0 aliphatic rings. The fourth-order valence-corrected chi connectivity index (χ4v) is 2.15. The minimum Gasteiger partial charge on any atom is -0.444 e. The minimum atomic E-state index is -0.548. The van der Waals surface area contributed by atoms with Gasteiger partial charge >= 0.3 is 6.09 Å². The standard InChI is InChI=1S/C18H29NO4/c1-6-21-16(22-7-2)15(13-14-11-9-8-10-12-14)19-17(20)23-18(3,4)5/h8-12,15-16H,6-7,13H2,1-5H3,(H,19,20)/t15-/m0/s1. The normalized spacial score (nSPS) is 13.0. The summed E-state index contributed by atoms with van der Waals surface area (Å²) in [5.74, 6) is 0. The molecule has 1 aromatic carbocycles. The maximum absolute atomic E-state index is 12.1. The maximum atomic E-state index is 12.1. The van der Waals surface area contributed by atoms with Crippen LogP contribution in [0.25, 0.3) is 0 Å². The van der Waals surface area contributed by atoms with E-state index < -0.39 is 18.0 Å². The molecule has 1 amide bonds. The first-order valence-corrected chi connectivity index (χ1v) is 8.12. The molecule has 23 heavy (non-hydrogen) atoms. The second-order valence-electron chi connectivity index (χ2n) is 6.22. The largest absolute Gasteiger partial charge is 0.444 e. The number of nitrogens with one attached hydrogen (secondary N) is 1. The molecule has 0 heterocycles. The highest BCUT2D eigenvalue weighted by Crippen LogP contribution is 2.12. The van der Waals surface area contributed by atoms with E-state index >= 15 is 0 Å². The Morgan fingerprint density at radius 1 is 1.09 bits per heavy atom. The van der Waals surface area contributed by atoms with Crippen molar-refractivity contribution in [2.75, 3.05) is 13.2 Å². The zero-order chi connectivity index (χ0) is 17.3. The van der Waals surface area contributed by atoms with Crippen molar-refractivity contribution in [3.63, 3.8) is 0 Å². The lowest BCUT2D eigenvalue weighted by Crippen LogP contribution is -2.48. The van der Waals surface area contributed by atoms with E-state index in [9.17, 15) is 4.79 Å². The van der Waals surface area contributed by atoms with Crippen molar-refractivity contribution >= 4 is 6.09 Å². The number of rotatable bonds is 8. The van der Waals surface area contributed by atoms with Gasteiger partial charge in [0, 0.05) is 13.2 Å². The Balaban J connectivity index is 2.83. The highest BCUT2D eigenvalue weighted by atomic mass is 16.7.